The molecule has 17 heavy (non-hydrogen) atoms. The summed E-state index contributed by atoms with van der Waals surface area (Å²) >= 11 is 0. The molecule has 0 atom stereocenters. The van der Waals surface area contributed by atoms with E-state index in [1.807, 2.05) is 38.1 Å². The molecule has 0 amide bonds. The van der Waals surface area contributed by atoms with E-state index in [2.05, 4.69) is 16.0 Å². The lowest BCUT2D eigenvalue weighted by molar-refractivity contribution is 0.957. The van der Waals surface area contributed by atoms with Crippen LogP contribution in [0.5, 0.6) is 0 Å². The fourth-order valence-corrected chi connectivity index (χ4v) is 1.65. The molecular weight excluding hydrogens is 210 g/mol. The van der Waals surface area contributed by atoms with E-state index in [1.165, 1.54) is 0 Å². The van der Waals surface area contributed by atoms with Crippen LogP contribution in [0.1, 0.15) is 28.2 Å². The molecule has 1 heterocycles. The molecule has 1 aromatic carbocycles. The lowest BCUT2D eigenvalue weighted by Gasteiger charge is -2.05. The minimum Gasteiger partial charge on any atom is -0.258 e. The van der Waals surface area contributed by atoms with Gasteiger partial charge < -0.3 is 0 Å². The summed E-state index contributed by atoms with van der Waals surface area (Å²) in [7, 11) is 0. The molecule has 2 rings (SSSR count). The highest BCUT2D eigenvalue weighted by atomic mass is 14.8. The van der Waals surface area contributed by atoms with Crippen molar-refractivity contribution < 1.29 is 0 Å². The van der Waals surface area contributed by atoms with Gasteiger partial charge in [0.05, 0.1) is 28.7 Å². The van der Waals surface area contributed by atoms with Gasteiger partial charge in [0.25, 0.3) is 0 Å². The Morgan fingerprint density at radius 3 is 2.65 bits per heavy atom. The van der Waals surface area contributed by atoms with E-state index in [4.69, 9.17) is 5.26 Å². The van der Waals surface area contributed by atoms with E-state index in [9.17, 15) is 0 Å². The summed E-state index contributed by atoms with van der Waals surface area (Å²) in [5, 5.41) is 9.01. The zero-order valence-electron chi connectivity index (χ0n) is 9.94. The molecule has 0 radical (unpaired) electrons. The highest BCUT2D eigenvalue weighted by Gasteiger charge is 2.05. The summed E-state index contributed by atoms with van der Waals surface area (Å²) in [6, 6.07) is 9.77. The molecule has 1 aromatic heterocycles. The Labute approximate surface area is 101 Å². The molecule has 0 aliphatic carbocycles. The SMILES string of the molecule is Cc1ncc(Cc2ccccc2C#N)nc1C. The van der Waals surface area contributed by atoms with Crippen molar-refractivity contribution in [3.63, 3.8) is 0 Å². The summed E-state index contributed by atoms with van der Waals surface area (Å²) in [5.41, 5.74) is 4.48. The van der Waals surface area contributed by atoms with Crippen LogP contribution in [0, 0.1) is 25.2 Å². The largest absolute Gasteiger partial charge is 0.258 e. The van der Waals surface area contributed by atoms with Crippen molar-refractivity contribution >= 4 is 0 Å². The minimum atomic E-state index is 0.651. The third-order valence-corrected chi connectivity index (χ3v) is 2.75. The second-order valence-electron chi connectivity index (χ2n) is 3.98. The Morgan fingerprint density at radius 2 is 1.94 bits per heavy atom. The highest BCUT2D eigenvalue weighted by molar-refractivity contribution is 5.39. The van der Waals surface area contributed by atoms with Gasteiger partial charge in [0, 0.05) is 12.6 Å². The highest BCUT2D eigenvalue weighted by Crippen LogP contribution is 2.12. The lowest BCUT2D eigenvalue weighted by atomic mass is 10.0. The number of rotatable bonds is 2. The van der Waals surface area contributed by atoms with Gasteiger partial charge >= 0.3 is 0 Å². The van der Waals surface area contributed by atoms with Gasteiger partial charge in [-0.15, -0.1) is 0 Å². The predicted octanol–water partition coefficient (Wildman–Crippen LogP) is 2.56. The Morgan fingerprint density at radius 1 is 1.18 bits per heavy atom. The van der Waals surface area contributed by atoms with Crippen LogP contribution in [0.2, 0.25) is 0 Å². The quantitative estimate of drug-likeness (QED) is 0.786. The average molecular weight is 223 g/mol. The summed E-state index contributed by atoms with van der Waals surface area (Å²) in [6.07, 6.45) is 2.42. The molecule has 0 saturated heterocycles. The zero-order valence-corrected chi connectivity index (χ0v) is 9.94. The molecule has 0 saturated carbocycles. The van der Waals surface area contributed by atoms with Crippen LogP contribution in [0.25, 0.3) is 0 Å². The van der Waals surface area contributed by atoms with E-state index >= 15 is 0 Å². The second kappa shape index (κ2) is 4.75. The van der Waals surface area contributed by atoms with Crippen LogP contribution in [0.4, 0.5) is 0 Å². The molecule has 3 heteroatoms. The molecule has 0 unspecified atom stereocenters. The summed E-state index contributed by atoms with van der Waals surface area (Å²) < 4.78 is 0. The predicted molar refractivity (Wildman–Crippen MR) is 65.5 cm³/mol. The maximum absolute atomic E-state index is 9.01. The standard InChI is InChI=1S/C14H13N3/c1-10-11(2)17-14(9-16-10)7-12-5-3-4-6-13(12)8-15/h3-6,9H,7H2,1-2H3. The van der Waals surface area contributed by atoms with Gasteiger partial charge in [-0.05, 0) is 25.5 Å². The molecule has 0 aliphatic heterocycles. The number of hydrogen-bond donors (Lipinski definition) is 0. The number of aryl methyl sites for hydroxylation is 2. The maximum atomic E-state index is 9.01. The van der Waals surface area contributed by atoms with Crippen LogP contribution in [0.3, 0.4) is 0 Å². The summed E-state index contributed by atoms with van der Waals surface area (Å²) in [5.74, 6) is 0. The van der Waals surface area contributed by atoms with Gasteiger partial charge in [-0.2, -0.15) is 5.26 Å². The molecular formula is C14H13N3. The Hall–Kier alpha value is -2.21. The Kier molecular flexibility index (Phi) is 3.15. The first-order chi connectivity index (χ1) is 8.20. The average Bonchev–Trinajstić information content (AvgIpc) is 2.34. The van der Waals surface area contributed by atoms with Gasteiger partial charge in [-0.25, -0.2) is 0 Å². The Balaban J connectivity index is 2.32. The van der Waals surface area contributed by atoms with Crippen molar-refractivity contribution in [2.45, 2.75) is 20.3 Å². The van der Waals surface area contributed by atoms with Crippen molar-refractivity contribution in [2.24, 2.45) is 0 Å². The number of aromatic nitrogens is 2. The van der Waals surface area contributed by atoms with Gasteiger partial charge in [-0.3, -0.25) is 9.97 Å². The van der Waals surface area contributed by atoms with Crippen LogP contribution in [-0.2, 0) is 6.42 Å². The lowest BCUT2D eigenvalue weighted by Crippen LogP contribution is -2.00. The molecule has 0 fully saturated rings. The topological polar surface area (TPSA) is 49.6 Å². The number of nitrogens with zero attached hydrogens (tertiary/aromatic N) is 3. The molecule has 0 aliphatic rings. The van der Waals surface area contributed by atoms with Crippen molar-refractivity contribution in [3.8, 4) is 6.07 Å². The van der Waals surface area contributed by atoms with E-state index in [-0.39, 0.29) is 0 Å². The van der Waals surface area contributed by atoms with E-state index in [0.717, 1.165) is 22.6 Å². The van der Waals surface area contributed by atoms with Crippen LogP contribution in [-0.4, -0.2) is 9.97 Å². The normalized spacial score (nSPS) is 9.94. The fraction of sp³-hybridized carbons (Fsp3) is 0.214. The molecule has 0 bridgehead atoms. The second-order valence-corrected chi connectivity index (χ2v) is 3.98. The van der Waals surface area contributed by atoms with Gasteiger partial charge in [0.2, 0.25) is 0 Å². The molecule has 0 spiro atoms. The number of nitriles is 1. The smallest absolute Gasteiger partial charge is 0.0994 e. The van der Waals surface area contributed by atoms with E-state index in [1.54, 1.807) is 6.20 Å². The third kappa shape index (κ3) is 2.48. The minimum absolute atomic E-state index is 0.651. The van der Waals surface area contributed by atoms with Crippen LogP contribution in [0.15, 0.2) is 30.5 Å². The zero-order chi connectivity index (χ0) is 12.3. The number of hydrogen-bond acceptors (Lipinski definition) is 3. The van der Waals surface area contributed by atoms with Crippen LogP contribution < -0.4 is 0 Å². The Bertz CT molecular complexity index is 582. The molecule has 2 aromatic rings. The molecule has 84 valence electrons. The van der Waals surface area contributed by atoms with E-state index in [0.29, 0.717) is 12.0 Å². The summed E-state index contributed by atoms with van der Waals surface area (Å²) in [6.45, 7) is 3.89. The number of benzene rings is 1. The van der Waals surface area contributed by atoms with Gasteiger partial charge in [0.15, 0.2) is 0 Å². The maximum Gasteiger partial charge on any atom is 0.0994 e. The first-order valence-corrected chi connectivity index (χ1v) is 5.48. The van der Waals surface area contributed by atoms with Crippen molar-refractivity contribution in [1.29, 1.82) is 5.26 Å². The van der Waals surface area contributed by atoms with Gasteiger partial charge in [-0.1, -0.05) is 18.2 Å². The third-order valence-electron chi connectivity index (χ3n) is 2.75. The fourth-order valence-electron chi connectivity index (χ4n) is 1.65. The van der Waals surface area contributed by atoms with E-state index < -0.39 is 0 Å². The van der Waals surface area contributed by atoms with Gasteiger partial charge in [0.1, 0.15) is 0 Å². The monoisotopic (exact) mass is 223 g/mol. The van der Waals surface area contributed by atoms with Crippen LogP contribution >= 0.6 is 0 Å². The molecule has 3 nitrogen and oxygen atoms in total. The first-order valence-electron chi connectivity index (χ1n) is 5.48. The van der Waals surface area contributed by atoms with Crippen molar-refractivity contribution in [2.75, 3.05) is 0 Å². The molecule has 0 N–H and O–H groups in total. The van der Waals surface area contributed by atoms with Crippen molar-refractivity contribution in [3.05, 3.63) is 58.7 Å². The van der Waals surface area contributed by atoms with Crippen molar-refractivity contribution in [1.82, 2.24) is 9.97 Å². The first kappa shape index (κ1) is 11.3. The summed E-state index contributed by atoms with van der Waals surface area (Å²) in [4.78, 5) is 8.76.